The van der Waals surface area contributed by atoms with Gasteiger partial charge in [-0.1, -0.05) is 6.42 Å². The second-order valence-corrected chi connectivity index (χ2v) is 6.06. The first-order valence-corrected chi connectivity index (χ1v) is 7.86. The van der Waals surface area contributed by atoms with E-state index in [1.807, 2.05) is 0 Å². The van der Waals surface area contributed by atoms with E-state index in [-0.39, 0.29) is 12.5 Å². The van der Waals surface area contributed by atoms with Crippen molar-refractivity contribution in [2.45, 2.75) is 64.0 Å². The molecule has 19 heavy (non-hydrogen) atoms. The van der Waals surface area contributed by atoms with Crippen molar-refractivity contribution in [3.8, 4) is 0 Å². The molecule has 1 amide bonds. The van der Waals surface area contributed by atoms with Crippen molar-refractivity contribution in [1.82, 2.24) is 9.80 Å². The standard InChI is InChI=1S/C15H28N2O2/c1-13-6-2-3-10-17(13)15(19)12-16(9-5-11-18)14-7-4-8-14/h13-14,18H,2-12H2,1H3. The molecule has 1 N–H and O–H groups in total. The van der Waals surface area contributed by atoms with E-state index >= 15 is 0 Å². The molecule has 1 aliphatic carbocycles. The minimum absolute atomic E-state index is 0.220. The zero-order valence-electron chi connectivity index (χ0n) is 12.2. The molecule has 2 fully saturated rings. The Morgan fingerprint density at radius 2 is 2.05 bits per heavy atom. The highest BCUT2D eigenvalue weighted by Crippen LogP contribution is 2.25. The summed E-state index contributed by atoms with van der Waals surface area (Å²) in [6, 6.07) is 0.984. The van der Waals surface area contributed by atoms with E-state index in [9.17, 15) is 4.79 Å². The number of carbonyl (C=O) groups excluding carboxylic acids is 1. The van der Waals surface area contributed by atoms with Crippen LogP contribution in [0.25, 0.3) is 0 Å². The predicted octanol–water partition coefficient (Wildman–Crippen LogP) is 1.62. The van der Waals surface area contributed by atoms with Gasteiger partial charge in [0.2, 0.25) is 5.91 Å². The molecule has 0 aromatic carbocycles. The summed E-state index contributed by atoms with van der Waals surface area (Å²) in [5.74, 6) is 0.289. The molecular formula is C15H28N2O2. The fourth-order valence-corrected chi connectivity index (χ4v) is 3.15. The lowest BCUT2D eigenvalue weighted by Gasteiger charge is -2.40. The number of carbonyl (C=O) groups is 1. The first kappa shape index (κ1) is 14.8. The molecule has 0 spiro atoms. The van der Waals surface area contributed by atoms with Gasteiger partial charge in [0.05, 0.1) is 6.54 Å². The smallest absolute Gasteiger partial charge is 0.236 e. The Balaban J connectivity index is 1.85. The van der Waals surface area contributed by atoms with Crippen molar-refractivity contribution in [3.05, 3.63) is 0 Å². The minimum Gasteiger partial charge on any atom is -0.396 e. The van der Waals surface area contributed by atoms with Crippen LogP contribution in [-0.4, -0.2) is 59.1 Å². The van der Waals surface area contributed by atoms with Crippen LogP contribution in [0.3, 0.4) is 0 Å². The molecule has 1 saturated heterocycles. The number of piperidine rings is 1. The number of hydrogen-bond acceptors (Lipinski definition) is 3. The van der Waals surface area contributed by atoms with Gasteiger partial charge in [0.1, 0.15) is 0 Å². The zero-order valence-corrected chi connectivity index (χ0v) is 12.2. The van der Waals surface area contributed by atoms with E-state index in [0.29, 0.717) is 18.6 Å². The van der Waals surface area contributed by atoms with Crippen LogP contribution in [0, 0.1) is 0 Å². The summed E-state index contributed by atoms with van der Waals surface area (Å²) >= 11 is 0. The highest BCUT2D eigenvalue weighted by molar-refractivity contribution is 5.78. The molecule has 0 bridgehead atoms. The van der Waals surface area contributed by atoms with Crippen LogP contribution in [-0.2, 0) is 4.79 Å². The molecule has 1 heterocycles. The van der Waals surface area contributed by atoms with Crippen LogP contribution < -0.4 is 0 Å². The van der Waals surface area contributed by atoms with E-state index in [2.05, 4.69) is 16.7 Å². The summed E-state index contributed by atoms with van der Waals surface area (Å²) in [5.41, 5.74) is 0. The fourth-order valence-electron chi connectivity index (χ4n) is 3.15. The van der Waals surface area contributed by atoms with Crippen LogP contribution in [0.5, 0.6) is 0 Å². The molecule has 110 valence electrons. The van der Waals surface area contributed by atoms with Gasteiger partial charge in [-0.25, -0.2) is 0 Å². The molecule has 4 nitrogen and oxygen atoms in total. The Morgan fingerprint density at radius 1 is 1.26 bits per heavy atom. The largest absolute Gasteiger partial charge is 0.396 e. The molecule has 2 rings (SSSR count). The van der Waals surface area contributed by atoms with Gasteiger partial charge in [-0.2, -0.15) is 0 Å². The Kier molecular flexibility index (Phi) is 5.64. The number of likely N-dealkylation sites (tertiary alicyclic amines) is 1. The third kappa shape index (κ3) is 3.93. The quantitative estimate of drug-likeness (QED) is 0.796. The third-order valence-corrected chi connectivity index (χ3v) is 4.66. The summed E-state index contributed by atoms with van der Waals surface area (Å²) in [5, 5.41) is 8.99. The lowest BCUT2D eigenvalue weighted by molar-refractivity contribution is -0.136. The van der Waals surface area contributed by atoms with Crippen molar-refractivity contribution in [3.63, 3.8) is 0 Å². The highest BCUT2D eigenvalue weighted by Gasteiger charge is 2.29. The van der Waals surface area contributed by atoms with Gasteiger partial charge in [0.25, 0.3) is 0 Å². The van der Waals surface area contributed by atoms with Crippen molar-refractivity contribution in [1.29, 1.82) is 0 Å². The van der Waals surface area contributed by atoms with Crippen LogP contribution >= 0.6 is 0 Å². The van der Waals surface area contributed by atoms with Crippen molar-refractivity contribution >= 4 is 5.91 Å². The average molecular weight is 268 g/mol. The molecule has 1 atom stereocenters. The van der Waals surface area contributed by atoms with E-state index < -0.39 is 0 Å². The maximum atomic E-state index is 12.4. The first-order valence-electron chi connectivity index (χ1n) is 7.86. The Labute approximate surface area is 116 Å². The molecule has 2 aliphatic rings. The summed E-state index contributed by atoms with van der Waals surface area (Å²) in [6.07, 6.45) is 8.04. The molecule has 1 aliphatic heterocycles. The predicted molar refractivity (Wildman–Crippen MR) is 75.9 cm³/mol. The Morgan fingerprint density at radius 3 is 2.63 bits per heavy atom. The summed E-state index contributed by atoms with van der Waals surface area (Å²) in [6.45, 7) is 4.72. The topological polar surface area (TPSA) is 43.8 Å². The minimum atomic E-state index is 0.220. The summed E-state index contributed by atoms with van der Waals surface area (Å²) < 4.78 is 0. The van der Waals surface area contributed by atoms with Gasteiger partial charge in [-0.05, 0) is 45.4 Å². The first-order chi connectivity index (χ1) is 9.22. The van der Waals surface area contributed by atoms with Gasteiger partial charge in [-0.15, -0.1) is 0 Å². The Bertz CT molecular complexity index is 292. The lowest BCUT2D eigenvalue weighted by Crippen LogP contribution is -2.50. The van der Waals surface area contributed by atoms with Gasteiger partial charge in [0, 0.05) is 31.8 Å². The maximum absolute atomic E-state index is 12.4. The highest BCUT2D eigenvalue weighted by atomic mass is 16.3. The SMILES string of the molecule is CC1CCCCN1C(=O)CN(CCCO)C1CCC1. The molecule has 1 saturated carbocycles. The van der Waals surface area contributed by atoms with Gasteiger partial charge in [-0.3, -0.25) is 9.69 Å². The normalized spacial score (nSPS) is 24.6. The second kappa shape index (κ2) is 7.25. The number of nitrogens with zero attached hydrogens (tertiary/aromatic N) is 2. The van der Waals surface area contributed by atoms with E-state index in [1.54, 1.807) is 0 Å². The van der Waals surface area contributed by atoms with Crippen LogP contribution in [0.15, 0.2) is 0 Å². The van der Waals surface area contributed by atoms with Crippen LogP contribution in [0.1, 0.15) is 51.9 Å². The number of hydrogen-bond donors (Lipinski definition) is 1. The maximum Gasteiger partial charge on any atom is 0.236 e. The summed E-state index contributed by atoms with van der Waals surface area (Å²) in [4.78, 5) is 16.8. The van der Waals surface area contributed by atoms with Crippen molar-refractivity contribution < 1.29 is 9.90 Å². The average Bonchev–Trinajstić information content (AvgIpc) is 2.34. The summed E-state index contributed by atoms with van der Waals surface area (Å²) in [7, 11) is 0. The molecule has 0 aromatic rings. The molecule has 0 aromatic heterocycles. The van der Waals surface area contributed by atoms with Gasteiger partial charge < -0.3 is 10.0 Å². The molecular weight excluding hydrogens is 240 g/mol. The molecule has 1 unspecified atom stereocenters. The number of rotatable bonds is 6. The number of aliphatic hydroxyl groups excluding tert-OH is 1. The van der Waals surface area contributed by atoms with E-state index in [0.717, 1.165) is 32.4 Å². The van der Waals surface area contributed by atoms with Crippen molar-refractivity contribution in [2.24, 2.45) is 0 Å². The number of aliphatic hydroxyl groups is 1. The molecule has 4 heteroatoms. The fraction of sp³-hybridized carbons (Fsp3) is 0.933. The van der Waals surface area contributed by atoms with Crippen LogP contribution in [0.4, 0.5) is 0 Å². The Hall–Kier alpha value is -0.610. The molecule has 0 radical (unpaired) electrons. The van der Waals surface area contributed by atoms with Gasteiger partial charge in [0.15, 0.2) is 0 Å². The van der Waals surface area contributed by atoms with E-state index in [1.165, 1.54) is 25.7 Å². The van der Waals surface area contributed by atoms with Crippen LogP contribution in [0.2, 0.25) is 0 Å². The second-order valence-electron chi connectivity index (χ2n) is 6.06. The van der Waals surface area contributed by atoms with Crippen molar-refractivity contribution in [2.75, 3.05) is 26.2 Å². The number of amides is 1. The lowest BCUT2D eigenvalue weighted by atomic mass is 9.91. The van der Waals surface area contributed by atoms with Gasteiger partial charge >= 0.3 is 0 Å². The monoisotopic (exact) mass is 268 g/mol. The third-order valence-electron chi connectivity index (χ3n) is 4.66. The zero-order chi connectivity index (χ0) is 13.7. The van der Waals surface area contributed by atoms with E-state index in [4.69, 9.17) is 5.11 Å².